The Balaban J connectivity index is 2.02. The Morgan fingerprint density at radius 1 is 1.40 bits per heavy atom. The molecule has 1 aromatic carbocycles. The maximum Gasteiger partial charge on any atom is 0.227 e. The van der Waals surface area contributed by atoms with Gasteiger partial charge in [-0.3, -0.25) is 4.79 Å². The summed E-state index contributed by atoms with van der Waals surface area (Å²) in [6.45, 7) is 4.03. The van der Waals surface area contributed by atoms with Gasteiger partial charge in [0.05, 0.1) is 0 Å². The van der Waals surface area contributed by atoms with Gasteiger partial charge in [-0.05, 0) is 37.3 Å². The second kappa shape index (κ2) is 4.05. The van der Waals surface area contributed by atoms with Gasteiger partial charge in [0.25, 0.3) is 0 Å². The van der Waals surface area contributed by atoms with Gasteiger partial charge >= 0.3 is 0 Å². The Morgan fingerprint density at radius 3 is 2.67 bits per heavy atom. The first-order valence-corrected chi connectivity index (χ1v) is 5.55. The normalized spacial score (nSPS) is 17.2. The van der Waals surface area contributed by atoms with Crippen molar-refractivity contribution in [2.45, 2.75) is 26.7 Å². The van der Waals surface area contributed by atoms with Gasteiger partial charge in [-0.2, -0.15) is 0 Å². The second-order valence-electron chi connectivity index (χ2n) is 4.43. The molecule has 0 radical (unpaired) electrons. The number of nitrogens with one attached hydrogen (secondary N) is 1. The topological polar surface area (TPSA) is 29.1 Å². The molecule has 0 saturated heterocycles. The molecule has 1 amide bonds. The van der Waals surface area contributed by atoms with Crippen LogP contribution in [0.25, 0.3) is 0 Å². The van der Waals surface area contributed by atoms with Crippen LogP contribution in [0.3, 0.4) is 0 Å². The highest BCUT2D eigenvalue weighted by atomic mass is 16.1. The van der Waals surface area contributed by atoms with Gasteiger partial charge in [0.15, 0.2) is 0 Å². The number of benzene rings is 1. The average Bonchev–Trinajstić information content (AvgIpc) is 3.04. The van der Waals surface area contributed by atoms with Crippen LogP contribution in [0.5, 0.6) is 0 Å². The van der Waals surface area contributed by atoms with E-state index in [1.165, 1.54) is 12.8 Å². The third-order valence-corrected chi connectivity index (χ3v) is 3.15. The molecule has 1 atom stereocenters. The summed E-state index contributed by atoms with van der Waals surface area (Å²) in [6, 6.07) is 7.89. The van der Waals surface area contributed by atoms with Gasteiger partial charge in [-0.1, -0.05) is 25.1 Å². The maximum atomic E-state index is 11.8. The number of aryl methyl sites for hydroxylation is 1. The summed E-state index contributed by atoms with van der Waals surface area (Å²) in [5.41, 5.74) is 2.06. The molecule has 2 heteroatoms. The fraction of sp³-hybridized carbons (Fsp3) is 0.462. The summed E-state index contributed by atoms with van der Waals surface area (Å²) < 4.78 is 0. The van der Waals surface area contributed by atoms with Crippen LogP contribution in [0.2, 0.25) is 0 Å². The highest BCUT2D eigenvalue weighted by Crippen LogP contribution is 2.37. The standard InChI is InChI=1S/C13H17NO/c1-9-5-3-4-6-12(9)14-13(15)10(2)11-7-8-11/h3-6,10-11H,7-8H2,1-2H3,(H,14,15). The molecule has 80 valence electrons. The van der Waals surface area contributed by atoms with E-state index >= 15 is 0 Å². The maximum absolute atomic E-state index is 11.8. The summed E-state index contributed by atoms with van der Waals surface area (Å²) in [7, 11) is 0. The first-order valence-electron chi connectivity index (χ1n) is 5.55. The van der Waals surface area contributed by atoms with Crippen LogP contribution < -0.4 is 5.32 Å². The summed E-state index contributed by atoms with van der Waals surface area (Å²) in [5, 5.41) is 2.99. The monoisotopic (exact) mass is 203 g/mol. The number of amides is 1. The van der Waals surface area contributed by atoms with Crippen molar-refractivity contribution < 1.29 is 4.79 Å². The van der Waals surface area contributed by atoms with Crippen molar-refractivity contribution in [1.29, 1.82) is 0 Å². The fourth-order valence-electron chi connectivity index (χ4n) is 1.77. The van der Waals surface area contributed by atoms with E-state index in [1.54, 1.807) is 0 Å². The molecule has 15 heavy (non-hydrogen) atoms. The molecule has 0 bridgehead atoms. The molecule has 0 spiro atoms. The zero-order valence-electron chi connectivity index (χ0n) is 9.29. The van der Waals surface area contributed by atoms with Crippen molar-refractivity contribution in [1.82, 2.24) is 0 Å². The van der Waals surface area contributed by atoms with Crippen molar-refractivity contribution in [3.8, 4) is 0 Å². The van der Waals surface area contributed by atoms with Crippen LogP contribution in [0.4, 0.5) is 5.69 Å². The van der Waals surface area contributed by atoms with Crippen LogP contribution in [0.1, 0.15) is 25.3 Å². The molecular weight excluding hydrogens is 186 g/mol. The molecule has 0 aliphatic heterocycles. The van der Waals surface area contributed by atoms with Crippen molar-refractivity contribution in [2.75, 3.05) is 5.32 Å². The van der Waals surface area contributed by atoms with Crippen LogP contribution in [-0.2, 0) is 4.79 Å². The second-order valence-corrected chi connectivity index (χ2v) is 4.43. The van der Waals surface area contributed by atoms with Gasteiger partial charge in [0, 0.05) is 11.6 Å². The van der Waals surface area contributed by atoms with E-state index in [1.807, 2.05) is 38.1 Å². The van der Waals surface area contributed by atoms with E-state index in [9.17, 15) is 4.79 Å². The number of hydrogen-bond donors (Lipinski definition) is 1. The Morgan fingerprint density at radius 2 is 2.07 bits per heavy atom. The Labute approximate surface area is 90.7 Å². The zero-order chi connectivity index (χ0) is 10.8. The molecule has 2 nitrogen and oxygen atoms in total. The highest BCUT2D eigenvalue weighted by molar-refractivity contribution is 5.93. The van der Waals surface area contributed by atoms with Crippen molar-refractivity contribution in [3.63, 3.8) is 0 Å². The molecule has 2 rings (SSSR count). The van der Waals surface area contributed by atoms with E-state index in [0.29, 0.717) is 5.92 Å². The largest absolute Gasteiger partial charge is 0.326 e. The molecule has 1 aromatic rings. The van der Waals surface area contributed by atoms with Crippen molar-refractivity contribution in [3.05, 3.63) is 29.8 Å². The van der Waals surface area contributed by atoms with E-state index in [2.05, 4.69) is 5.32 Å². The minimum absolute atomic E-state index is 0.157. The smallest absolute Gasteiger partial charge is 0.227 e. The van der Waals surface area contributed by atoms with Crippen LogP contribution >= 0.6 is 0 Å². The average molecular weight is 203 g/mol. The number of carbonyl (C=O) groups excluding carboxylic acids is 1. The third-order valence-electron chi connectivity index (χ3n) is 3.15. The molecule has 1 aliphatic carbocycles. The number of anilines is 1. The zero-order valence-corrected chi connectivity index (χ0v) is 9.29. The molecule has 1 aliphatic rings. The molecule has 1 N–H and O–H groups in total. The molecule has 0 aromatic heterocycles. The lowest BCUT2D eigenvalue weighted by Gasteiger charge is -2.12. The fourth-order valence-corrected chi connectivity index (χ4v) is 1.77. The molecule has 0 heterocycles. The van der Waals surface area contributed by atoms with Crippen LogP contribution in [0.15, 0.2) is 24.3 Å². The van der Waals surface area contributed by atoms with Gasteiger partial charge < -0.3 is 5.32 Å². The Kier molecular flexibility index (Phi) is 2.76. The molecule has 1 unspecified atom stereocenters. The van der Waals surface area contributed by atoms with Gasteiger partial charge in [0.2, 0.25) is 5.91 Å². The van der Waals surface area contributed by atoms with Gasteiger partial charge in [-0.15, -0.1) is 0 Å². The lowest BCUT2D eigenvalue weighted by molar-refractivity contribution is -0.119. The van der Waals surface area contributed by atoms with Crippen molar-refractivity contribution >= 4 is 11.6 Å². The van der Waals surface area contributed by atoms with Crippen LogP contribution in [-0.4, -0.2) is 5.91 Å². The van der Waals surface area contributed by atoms with Crippen molar-refractivity contribution in [2.24, 2.45) is 11.8 Å². The lowest BCUT2D eigenvalue weighted by Crippen LogP contribution is -2.22. The lowest BCUT2D eigenvalue weighted by atomic mass is 10.1. The number of para-hydroxylation sites is 1. The number of carbonyl (C=O) groups is 1. The summed E-state index contributed by atoms with van der Waals surface area (Å²) in [4.78, 5) is 11.8. The number of rotatable bonds is 3. The van der Waals surface area contributed by atoms with Crippen LogP contribution in [0, 0.1) is 18.8 Å². The summed E-state index contributed by atoms with van der Waals surface area (Å²) in [6.07, 6.45) is 2.42. The summed E-state index contributed by atoms with van der Waals surface area (Å²) >= 11 is 0. The minimum atomic E-state index is 0.157. The quantitative estimate of drug-likeness (QED) is 0.804. The SMILES string of the molecule is Cc1ccccc1NC(=O)C(C)C1CC1. The van der Waals surface area contributed by atoms with E-state index in [0.717, 1.165) is 11.3 Å². The van der Waals surface area contributed by atoms with Gasteiger partial charge in [0.1, 0.15) is 0 Å². The Bertz CT molecular complexity index is 369. The first-order chi connectivity index (χ1) is 7.18. The third kappa shape index (κ3) is 2.38. The Hall–Kier alpha value is -1.31. The number of hydrogen-bond acceptors (Lipinski definition) is 1. The van der Waals surface area contributed by atoms with E-state index in [4.69, 9.17) is 0 Å². The predicted octanol–water partition coefficient (Wildman–Crippen LogP) is 2.98. The molecule has 1 saturated carbocycles. The van der Waals surface area contributed by atoms with Gasteiger partial charge in [-0.25, -0.2) is 0 Å². The predicted molar refractivity (Wildman–Crippen MR) is 61.7 cm³/mol. The van der Waals surface area contributed by atoms with E-state index < -0.39 is 0 Å². The molecule has 1 fully saturated rings. The minimum Gasteiger partial charge on any atom is -0.326 e. The molecular formula is C13H17NO. The van der Waals surface area contributed by atoms with E-state index in [-0.39, 0.29) is 11.8 Å². The highest BCUT2D eigenvalue weighted by Gasteiger charge is 2.32. The summed E-state index contributed by atoms with van der Waals surface area (Å²) in [5.74, 6) is 0.936. The first kappa shape index (κ1) is 10.2.